The number of imidazole rings is 1. The fourth-order valence-electron chi connectivity index (χ4n) is 3.23. The molecule has 150 valence electrons. The smallest absolute Gasteiger partial charge is 0.325 e. The number of carbonyl (C=O) groups excluding carboxylic acids is 1. The number of H-pyrrole nitrogens is 2. The van der Waals surface area contributed by atoms with Crippen LogP contribution in [0.5, 0.6) is 17.4 Å². The summed E-state index contributed by atoms with van der Waals surface area (Å²) in [6.45, 7) is 2.71. The normalized spacial score (nSPS) is 13.3. The first kappa shape index (κ1) is 18.7. The second kappa shape index (κ2) is 7.75. The average Bonchev–Trinajstić information content (AvgIpc) is 3.31. The predicted molar refractivity (Wildman–Crippen MR) is 106 cm³/mol. The lowest BCUT2D eigenvalue weighted by molar-refractivity contribution is -0.120. The largest absolute Gasteiger partial charge is 0.493 e. The van der Waals surface area contributed by atoms with Crippen molar-refractivity contribution in [2.24, 2.45) is 0 Å². The number of fused-ring (bicyclic) bond motifs is 1. The summed E-state index contributed by atoms with van der Waals surface area (Å²) in [6, 6.07) is 14.0. The highest BCUT2D eigenvalue weighted by molar-refractivity contribution is 5.78. The average molecular weight is 395 g/mol. The minimum Gasteiger partial charge on any atom is -0.493 e. The Morgan fingerprint density at radius 2 is 1.83 bits per heavy atom. The molecule has 8 heteroatoms. The fraction of sp³-hybridized carbons (Fsp3) is 0.238. The molecule has 1 aliphatic rings. The molecule has 1 unspecified atom stereocenters. The van der Waals surface area contributed by atoms with Gasteiger partial charge in [0.25, 0.3) is 0 Å². The van der Waals surface area contributed by atoms with Crippen LogP contribution in [0.15, 0.2) is 47.3 Å². The van der Waals surface area contributed by atoms with Gasteiger partial charge in [-0.15, -0.1) is 0 Å². The van der Waals surface area contributed by atoms with Gasteiger partial charge in [0.1, 0.15) is 0 Å². The van der Waals surface area contributed by atoms with Crippen LogP contribution in [-0.2, 0) is 11.2 Å². The Kier molecular flexibility index (Phi) is 4.99. The van der Waals surface area contributed by atoms with Crippen molar-refractivity contribution >= 4 is 5.91 Å². The predicted octanol–water partition coefficient (Wildman–Crippen LogP) is 2.27. The Labute approximate surface area is 166 Å². The molecule has 0 fully saturated rings. The first-order chi connectivity index (χ1) is 14.0. The lowest BCUT2D eigenvalue weighted by Crippen LogP contribution is -2.29. The summed E-state index contributed by atoms with van der Waals surface area (Å²) in [5, 5.41) is 12.3. The molecule has 0 saturated heterocycles. The number of carbonyl (C=O) groups is 1. The van der Waals surface area contributed by atoms with E-state index in [4.69, 9.17) is 9.47 Å². The van der Waals surface area contributed by atoms with Crippen molar-refractivity contribution in [3.8, 4) is 28.5 Å². The van der Waals surface area contributed by atoms with E-state index in [2.05, 4.69) is 15.3 Å². The highest BCUT2D eigenvalue weighted by Gasteiger charge is 2.15. The SMILES string of the molecule is CC(CNC(=O)Cc1[nH]c(=O)[nH]c1O)c1ccc(-c2ccc3c(c2)OCO3)cc1. The number of hydrogen-bond acceptors (Lipinski definition) is 5. The molecule has 1 aliphatic heterocycles. The van der Waals surface area contributed by atoms with Crippen LogP contribution < -0.4 is 20.5 Å². The number of nitrogens with one attached hydrogen (secondary N) is 3. The molecule has 8 nitrogen and oxygen atoms in total. The van der Waals surface area contributed by atoms with Crippen molar-refractivity contribution in [1.82, 2.24) is 15.3 Å². The number of aromatic nitrogens is 2. The minimum atomic E-state index is -0.541. The van der Waals surface area contributed by atoms with Gasteiger partial charge in [0.15, 0.2) is 11.5 Å². The van der Waals surface area contributed by atoms with Crippen molar-refractivity contribution in [2.75, 3.05) is 13.3 Å². The van der Waals surface area contributed by atoms with Crippen molar-refractivity contribution in [3.05, 3.63) is 64.2 Å². The van der Waals surface area contributed by atoms with Gasteiger partial charge >= 0.3 is 5.69 Å². The number of rotatable bonds is 6. The Bertz CT molecular complexity index is 1080. The minimum absolute atomic E-state index is 0.0969. The molecule has 2 aromatic carbocycles. The van der Waals surface area contributed by atoms with Crippen LogP contribution in [0.4, 0.5) is 0 Å². The molecule has 0 radical (unpaired) electrons. The Balaban J connectivity index is 1.35. The first-order valence-corrected chi connectivity index (χ1v) is 9.26. The molecular weight excluding hydrogens is 374 g/mol. The number of aromatic amines is 2. The topological polar surface area (TPSA) is 116 Å². The van der Waals surface area contributed by atoms with E-state index in [1.165, 1.54) is 0 Å². The lowest BCUT2D eigenvalue weighted by Gasteiger charge is -2.14. The zero-order valence-corrected chi connectivity index (χ0v) is 15.8. The van der Waals surface area contributed by atoms with Gasteiger partial charge in [-0.05, 0) is 34.7 Å². The second-order valence-electron chi connectivity index (χ2n) is 6.98. The monoisotopic (exact) mass is 395 g/mol. The van der Waals surface area contributed by atoms with Gasteiger partial charge in [-0.1, -0.05) is 37.3 Å². The quantitative estimate of drug-likeness (QED) is 0.511. The molecule has 1 aromatic heterocycles. The molecule has 1 atom stereocenters. The van der Waals surface area contributed by atoms with Gasteiger partial charge in [-0.2, -0.15) is 0 Å². The third-order valence-corrected chi connectivity index (χ3v) is 4.91. The van der Waals surface area contributed by atoms with Crippen LogP contribution in [0.25, 0.3) is 11.1 Å². The van der Waals surface area contributed by atoms with Crippen molar-refractivity contribution in [3.63, 3.8) is 0 Å². The molecule has 3 aromatic rings. The van der Waals surface area contributed by atoms with Crippen LogP contribution in [0.3, 0.4) is 0 Å². The summed E-state index contributed by atoms with van der Waals surface area (Å²) < 4.78 is 10.8. The standard InChI is InChI=1S/C21H21N3O5/c1-12(10-22-19(25)9-16-20(26)24-21(27)23-16)13-2-4-14(5-3-13)15-6-7-17-18(8-15)29-11-28-17/h2-8,12,26H,9-11H2,1H3,(H,22,25)(H2,23,24,27). The number of ether oxygens (including phenoxy) is 2. The molecule has 2 heterocycles. The fourth-order valence-corrected chi connectivity index (χ4v) is 3.23. The van der Waals surface area contributed by atoms with E-state index in [1.54, 1.807) is 0 Å². The van der Waals surface area contributed by atoms with Gasteiger partial charge in [0, 0.05) is 6.54 Å². The molecule has 0 aliphatic carbocycles. The summed E-state index contributed by atoms with van der Waals surface area (Å²) in [5.41, 5.74) is 2.83. The van der Waals surface area contributed by atoms with Gasteiger partial charge < -0.3 is 24.9 Å². The van der Waals surface area contributed by atoms with E-state index >= 15 is 0 Å². The summed E-state index contributed by atoms with van der Waals surface area (Å²) in [7, 11) is 0. The molecule has 29 heavy (non-hydrogen) atoms. The van der Waals surface area contributed by atoms with Crippen LogP contribution in [-0.4, -0.2) is 34.3 Å². The second-order valence-corrected chi connectivity index (χ2v) is 6.98. The molecular formula is C21H21N3O5. The molecule has 1 amide bonds. The number of amides is 1. The third-order valence-electron chi connectivity index (χ3n) is 4.91. The summed E-state index contributed by atoms with van der Waals surface area (Å²) in [5.74, 6) is 1.02. The Morgan fingerprint density at radius 3 is 2.55 bits per heavy atom. The third kappa shape index (κ3) is 4.11. The molecule has 4 N–H and O–H groups in total. The molecule has 0 bridgehead atoms. The maximum absolute atomic E-state index is 12.1. The molecule has 0 spiro atoms. The van der Waals surface area contributed by atoms with Crippen LogP contribution in [0.1, 0.15) is 24.1 Å². The Morgan fingerprint density at radius 1 is 1.10 bits per heavy atom. The highest BCUT2D eigenvalue weighted by atomic mass is 16.7. The van der Waals surface area contributed by atoms with E-state index in [9.17, 15) is 14.7 Å². The summed E-state index contributed by atoms with van der Waals surface area (Å²) in [6.07, 6.45) is -0.0969. The molecule has 4 rings (SSSR count). The van der Waals surface area contributed by atoms with Crippen molar-refractivity contribution in [2.45, 2.75) is 19.3 Å². The van der Waals surface area contributed by atoms with Gasteiger partial charge in [0.2, 0.25) is 18.6 Å². The zero-order chi connectivity index (χ0) is 20.4. The zero-order valence-electron chi connectivity index (χ0n) is 15.8. The number of hydrogen-bond donors (Lipinski definition) is 4. The van der Waals surface area contributed by atoms with Crippen LogP contribution in [0.2, 0.25) is 0 Å². The van der Waals surface area contributed by atoms with Gasteiger partial charge in [0.05, 0.1) is 12.1 Å². The van der Waals surface area contributed by atoms with Crippen LogP contribution >= 0.6 is 0 Å². The van der Waals surface area contributed by atoms with Crippen LogP contribution in [0, 0.1) is 0 Å². The van der Waals surface area contributed by atoms with E-state index in [0.717, 1.165) is 28.2 Å². The van der Waals surface area contributed by atoms with Crippen molar-refractivity contribution in [1.29, 1.82) is 0 Å². The number of aromatic hydroxyl groups is 1. The van der Waals surface area contributed by atoms with Gasteiger partial charge in [-0.25, -0.2) is 4.79 Å². The van der Waals surface area contributed by atoms with E-state index < -0.39 is 5.69 Å². The Hall–Kier alpha value is -3.68. The summed E-state index contributed by atoms with van der Waals surface area (Å²) >= 11 is 0. The summed E-state index contributed by atoms with van der Waals surface area (Å²) in [4.78, 5) is 27.8. The van der Waals surface area contributed by atoms with Crippen molar-refractivity contribution < 1.29 is 19.4 Å². The maximum atomic E-state index is 12.1. The van der Waals surface area contributed by atoms with E-state index in [0.29, 0.717) is 6.54 Å². The highest BCUT2D eigenvalue weighted by Crippen LogP contribution is 2.36. The lowest BCUT2D eigenvalue weighted by atomic mass is 9.97. The first-order valence-electron chi connectivity index (χ1n) is 9.26. The van der Waals surface area contributed by atoms with E-state index in [1.807, 2.05) is 49.4 Å². The molecule has 0 saturated carbocycles. The van der Waals surface area contributed by atoms with Gasteiger partial charge in [-0.3, -0.25) is 9.78 Å². The maximum Gasteiger partial charge on any atom is 0.325 e. The van der Waals surface area contributed by atoms with E-state index in [-0.39, 0.29) is 36.6 Å². The number of benzene rings is 2.